The molecular weight excluding hydrogens is 380 g/mol. The minimum absolute atomic E-state index is 0.0147. The van der Waals surface area contributed by atoms with Gasteiger partial charge in [0, 0.05) is 19.7 Å². The Hall–Kier alpha value is -2.97. The Labute approximate surface area is 164 Å². The molecule has 28 heavy (non-hydrogen) atoms. The summed E-state index contributed by atoms with van der Waals surface area (Å²) in [5, 5.41) is 2.56. The number of ether oxygens (including phenoxy) is 1. The number of hydrogen-bond acceptors (Lipinski definition) is 5. The van der Waals surface area contributed by atoms with Gasteiger partial charge in [-0.25, -0.2) is 8.42 Å². The van der Waals surface area contributed by atoms with E-state index in [0.717, 1.165) is 9.87 Å². The molecule has 1 N–H and O–H groups in total. The molecule has 0 aliphatic carbocycles. The van der Waals surface area contributed by atoms with Crippen LogP contribution in [0.5, 0.6) is 0 Å². The number of nitrogens with one attached hydrogen (secondary N) is 1. The van der Waals surface area contributed by atoms with Crippen molar-refractivity contribution in [1.29, 1.82) is 0 Å². The number of rotatable bonds is 8. The summed E-state index contributed by atoms with van der Waals surface area (Å²) < 4.78 is 31.0. The van der Waals surface area contributed by atoms with E-state index in [1.807, 2.05) is 36.4 Å². The number of carbonyl (C=O) groups is 2. The molecule has 0 unspecified atom stereocenters. The standard InChI is InChI=1S/C20H22N2O5S/c1-16(23)21-18-10-12-19(13-11-18)28(25,26)22(2)15-20(24)27-14-6-9-17-7-4-3-5-8-17/h3-13H,14-15H2,1-2H3,(H,21,23). The minimum Gasteiger partial charge on any atom is -0.460 e. The monoisotopic (exact) mass is 402 g/mol. The third kappa shape index (κ3) is 6.33. The summed E-state index contributed by atoms with van der Waals surface area (Å²) in [5.41, 5.74) is 1.46. The van der Waals surface area contributed by atoms with Gasteiger partial charge in [0.2, 0.25) is 15.9 Å². The quantitative estimate of drug-likeness (QED) is 0.685. The van der Waals surface area contributed by atoms with Gasteiger partial charge in [-0.3, -0.25) is 9.59 Å². The van der Waals surface area contributed by atoms with Gasteiger partial charge in [-0.1, -0.05) is 36.4 Å². The van der Waals surface area contributed by atoms with E-state index in [4.69, 9.17) is 4.74 Å². The van der Waals surface area contributed by atoms with E-state index < -0.39 is 22.5 Å². The van der Waals surface area contributed by atoms with Crippen LogP contribution in [-0.2, 0) is 24.3 Å². The molecule has 8 heteroatoms. The normalized spacial score (nSPS) is 11.5. The van der Waals surface area contributed by atoms with Gasteiger partial charge in [0.15, 0.2) is 0 Å². The highest BCUT2D eigenvalue weighted by Gasteiger charge is 2.23. The van der Waals surface area contributed by atoms with Gasteiger partial charge in [0.05, 0.1) is 4.90 Å². The molecule has 0 heterocycles. The van der Waals surface area contributed by atoms with Crippen LogP contribution in [-0.4, -0.2) is 44.8 Å². The summed E-state index contributed by atoms with van der Waals surface area (Å²) in [6.45, 7) is 1.00. The van der Waals surface area contributed by atoms with E-state index in [1.165, 1.54) is 38.2 Å². The Morgan fingerprint density at radius 2 is 1.71 bits per heavy atom. The van der Waals surface area contributed by atoms with Gasteiger partial charge in [0.25, 0.3) is 0 Å². The Kier molecular flexibility index (Phi) is 7.48. The zero-order chi connectivity index (χ0) is 20.6. The lowest BCUT2D eigenvalue weighted by Gasteiger charge is -2.16. The van der Waals surface area contributed by atoms with Gasteiger partial charge < -0.3 is 10.1 Å². The molecule has 0 aliphatic heterocycles. The molecule has 2 aromatic rings. The molecule has 0 aromatic heterocycles. The first-order valence-corrected chi connectivity index (χ1v) is 9.94. The third-order valence-electron chi connectivity index (χ3n) is 3.69. The summed E-state index contributed by atoms with van der Waals surface area (Å²) in [6.07, 6.45) is 3.49. The fraction of sp³-hybridized carbons (Fsp3) is 0.200. The minimum atomic E-state index is -3.85. The van der Waals surface area contributed by atoms with Crippen molar-refractivity contribution >= 4 is 33.7 Å². The maximum atomic E-state index is 12.5. The van der Waals surface area contributed by atoms with E-state index in [1.54, 1.807) is 6.08 Å². The zero-order valence-corrected chi connectivity index (χ0v) is 16.5. The average Bonchev–Trinajstić information content (AvgIpc) is 2.66. The summed E-state index contributed by atoms with van der Waals surface area (Å²) in [7, 11) is -2.55. The molecule has 2 rings (SSSR count). The lowest BCUT2D eigenvalue weighted by molar-refractivity contribution is -0.142. The van der Waals surface area contributed by atoms with Gasteiger partial charge in [0.1, 0.15) is 13.2 Å². The molecule has 148 valence electrons. The van der Waals surface area contributed by atoms with Crippen LogP contribution in [0.15, 0.2) is 65.6 Å². The molecule has 2 aromatic carbocycles. The van der Waals surface area contributed by atoms with Crippen LogP contribution in [0.3, 0.4) is 0 Å². The Balaban J connectivity index is 1.89. The van der Waals surface area contributed by atoms with Gasteiger partial charge in [-0.2, -0.15) is 4.31 Å². The lowest BCUT2D eigenvalue weighted by Crippen LogP contribution is -2.33. The SMILES string of the molecule is CC(=O)Nc1ccc(S(=O)(=O)N(C)CC(=O)OCC=Cc2ccccc2)cc1. The average molecular weight is 402 g/mol. The van der Waals surface area contributed by atoms with Crippen molar-refractivity contribution in [1.82, 2.24) is 4.31 Å². The Morgan fingerprint density at radius 1 is 1.07 bits per heavy atom. The summed E-state index contributed by atoms with van der Waals surface area (Å²) >= 11 is 0. The molecule has 0 saturated heterocycles. The maximum absolute atomic E-state index is 12.5. The van der Waals surface area contributed by atoms with E-state index in [0.29, 0.717) is 5.69 Å². The van der Waals surface area contributed by atoms with Crippen molar-refractivity contribution in [3.05, 3.63) is 66.2 Å². The van der Waals surface area contributed by atoms with Crippen molar-refractivity contribution in [2.24, 2.45) is 0 Å². The number of nitrogens with zero attached hydrogens (tertiary/aromatic N) is 1. The van der Waals surface area contributed by atoms with Crippen LogP contribution in [0.2, 0.25) is 0 Å². The van der Waals surface area contributed by atoms with Crippen molar-refractivity contribution < 1.29 is 22.7 Å². The van der Waals surface area contributed by atoms with Crippen molar-refractivity contribution in [3.8, 4) is 0 Å². The predicted molar refractivity (Wildman–Crippen MR) is 107 cm³/mol. The van der Waals surface area contributed by atoms with Gasteiger partial charge in [-0.05, 0) is 35.9 Å². The van der Waals surface area contributed by atoms with Crippen LogP contribution in [0.1, 0.15) is 12.5 Å². The number of likely N-dealkylation sites (N-methyl/N-ethyl adjacent to an activating group) is 1. The highest BCUT2D eigenvalue weighted by atomic mass is 32.2. The largest absolute Gasteiger partial charge is 0.460 e. The van der Waals surface area contributed by atoms with E-state index >= 15 is 0 Å². The van der Waals surface area contributed by atoms with Crippen molar-refractivity contribution in [2.75, 3.05) is 25.5 Å². The number of esters is 1. The van der Waals surface area contributed by atoms with E-state index in [9.17, 15) is 18.0 Å². The molecule has 7 nitrogen and oxygen atoms in total. The Bertz CT molecular complexity index is 938. The number of anilines is 1. The zero-order valence-electron chi connectivity index (χ0n) is 15.7. The first kappa shape index (κ1) is 21.3. The van der Waals surface area contributed by atoms with Crippen molar-refractivity contribution in [2.45, 2.75) is 11.8 Å². The second-order valence-electron chi connectivity index (χ2n) is 5.96. The number of hydrogen-bond donors (Lipinski definition) is 1. The maximum Gasteiger partial charge on any atom is 0.321 e. The van der Waals surface area contributed by atoms with Crippen LogP contribution in [0.4, 0.5) is 5.69 Å². The second kappa shape index (κ2) is 9.82. The fourth-order valence-corrected chi connectivity index (χ4v) is 3.41. The summed E-state index contributed by atoms with van der Waals surface area (Å²) in [5.74, 6) is -0.907. The first-order chi connectivity index (χ1) is 13.3. The molecule has 1 amide bonds. The van der Waals surface area contributed by atoms with Crippen LogP contribution >= 0.6 is 0 Å². The van der Waals surface area contributed by atoms with Gasteiger partial charge >= 0.3 is 5.97 Å². The van der Waals surface area contributed by atoms with Crippen LogP contribution in [0.25, 0.3) is 6.08 Å². The topological polar surface area (TPSA) is 92.8 Å². The molecule has 0 fully saturated rings. The number of benzene rings is 2. The Morgan fingerprint density at radius 3 is 2.32 bits per heavy atom. The van der Waals surface area contributed by atoms with Crippen molar-refractivity contribution in [3.63, 3.8) is 0 Å². The molecule has 0 aliphatic rings. The third-order valence-corrected chi connectivity index (χ3v) is 5.50. The predicted octanol–water partition coefficient (Wildman–Crippen LogP) is 2.52. The fourth-order valence-electron chi connectivity index (χ4n) is 2.30. The highest BCUT2D eigenvalue weighted by Crippen LogP contribution is 2.17. The van der Waals surface area contributed by atoms with E-state index in [2.05, 4.69) is 5.32 Å². The lowest BCUT2D eigenvalue weighted by atomic mass is 10.2. The molecule has 0 radical (unpaired) electrons. The number of sulfonamides is 1. The molecule has 0 spiro atoms. The second-order valence-corrected chi connectivity index (χ2v) is 8.01. The molecule has 0 atom stereocenters. The summed E-state index contributed by atoms with van der Waals surface area (Å²) in [6, 6.07) is 15.2. The highest BCUT2D eigenvalue weighted by molar-refractivity contribution is 7.89. The molecule has 0 saturated carbocycles. The van der Waals surface area contributed by atoms with Crippen LogP contribution < -0.4 is 5.32 Å². The number of carbonyl (C=O) groups excluding carboxylic acids is 2. The molecule has 0 bridgehead atoms. The summed E-state index contributed by atoms with van der Waals surface area (Å²) in [4.78, 5) is 22.9. The smallest absolute Gasteiger partial charge is 0.321 e. The van der Waals surface area contributed by atoms with Gasteiger partial charge in [-0.15, -0.1) is 0 Å². The first-order valence-electron chi connectivity index (χ1n) is 8.50. The number of amides is 1. The van der Waals surface area contributed by atoms with Crippen LogP contribution in [0, 0.1) is 0 Å². The molecular formula is C20H22N2O5S. The van der Waals surface area contributed by atoms with E-state index in [-0.39, 0.29) is 17.4 Å².